The number of methoxy groups -OCH3 is 1. The van der Waals surface area contributed by atoms with Gasteiger partial charge in [-0.2, -0.15) is 0 Å². The number of imidazole rings is 1. The van der Waals surface area contributed by atoms with E-state index < -0.39 is 0 Å². The van der Waals surface area contributed by atoms with Crippen molar-refractivity contribution >= 4 is 11.7 Å². The summed E-state index contributed by atoms with van der Waals surface area (Å²) in [7, 11) is 1.55. The highest BCUT2D eigenvalue weighted by atomic mass is 16.5. The first-order chi connectivity index (χ1) is 9.74. The van der Waals surface area contributed by atoms with E-state index in [1.165, 1.54) is 6.33 Å². The number of nitrogens with zero attached hydrogens (tertiary/aromatic N) is 1. The van der Waals surface area contributed by atoms with Gasteiger partial charge in [-0.25, -0.2) is 4.98 Å². The van der Waals surface area contributed by atoms with Gasteiger partial charge in [-0.1, -0.05) is 30.3 Å². The van der Waals surface area contributed by atoms with Crippen molar-refractivity contribution in [3.05, 3.63) is 53.6 Å². The van der Waals surface area contributed by atoms with Crippen LogP contribution in [0.2, 0.25) is 0 Å². The number of hydrogen-bond donors (Lipinski definition) is 2. The van der Waals surface area contributed by atoms with E-state index in [2.05, 4.69) is 15.3 Å². The molecular weight excluding hydrogens is 258 g/mol. The average molecular weight is 273 g/mol. The second-order valence-corrected chi connectivity index (χ2v) is 4.07. The molecule has 0 unspecified atom stereocenters. The number of aromatic amines is 1. The molecule has 6 heteroatoms. The number of H-pyrrole nitrogens is 1. The van der Waals surface area contributed by atoms with Gasteiger partial charge in [0.15, 0.2) is 0 Å². The minimum Gasteiger partial charge on any atom is -0.383 e. The zero-order chi connectivity index (χ0) is 14.4. The summed E-state index contributed by atoms with van der Waals surface area (Å²) < 4.78 is 4.85. The van der Waals surface area contributed by atoms with Gasteiger partial charge in [0.05, 0.1) is 12.9 Å². The molecule has 0 saturated carbocycles. The summed E-state index contributed by atoms with van der Waals surface area (Å²) in [6.45, 7) is 0.773. The van der Waals surface area contributed by atoms with Crippen LogP contribution in [0.15, 0.2) is 36.7 Å². The largest absolute Gasteiger partial charge is 0.383 e. The highest BCUT2D eigenvalue weighted by Gasteiger charge is 2.20. The topological polar surface area (TPSA) is 84.1 Å². The summed E-state index contributed by atoms with van der Waals surface area (Å²) in [4.78, 5) is 30.9. The number of ether oxygens (including phenoxy) is 1. The molecule has 1 aromatic carbocycles. The van der Waals surface area contributed by atoms with E-state index in [1.54, 1.807) is 31.4 Å². The molecule has 0 atom stereocenters. The molecule has 0 aliphatic carbocycles. The molecule has 1 amide bonds. The van der Waals surface area contributed by atoms with Gasteiger partial charge in [0.2, 0.25) is 5.78 Å². The number of benzene rings is 1. The Hall–Kier alpha value is -2.47. The molecule has 0 aliphatic heterocycles. The summed E-state index contributed by atoms with van der Waals surface area (Å²) in [5.41, 5.74) is 0.770. The monoisotopic (exact) mass is 273 g/mol. The molecule has 0 bridgehead atoms. The normalized spacial score (nSPS) is 10.2. The predicted octanol–water partition coefficient (Wildman–Crippen LogP) is 1.02. The fraction of sp³-hybridized carbons (Fsp3) is 0.214. The van der Waals surface area contributed by atoms with E-state index in [0.717, 1.165) is 0 Å². The molecule has 2 rings (SSSR count). The highest BCUT2D eigenvalue weighted by Crippen LogP contribution is 2.10. The highest BCUT2D eigenvalue weighted by molar-refractivity contribution is 6.13. The van der Waals surface area contributed by atoms with Crippen LogP contribution in [-0.2, 0) is 4.74 Å². The van der Waals surface area contributed by atoms with Crippen LogP contribution in [0.5, 0.6) is 0 Å². The SMILES string of the molecule is COCCNC(=O)c1[nH]cnc1C(=O)c1ccccc1. The third kappa shape index (κ3) is 3.10. The number of hydrogen-bond acceptors (Lipinski definition) is 4. The molecule has 0 fully saturated rings. The smallest absolute Gasteiger partial charge is 0.270 e. The van der Waals surface area contributed by atoms with Crippen LogP contribution in [0.1, 0.15) is 26.5 Å². The van der Waals surface area contributed by atoms with Gasteiger partial charge in [-0.05, 0) is 0 Å². The molecular formula is C14H15N3O3. The minimum absolute atomic E-state index is 0.117. The van der Waals surface area contributed by atoms with Crippen LogP contribution in [0.25, 0.3) is 0 Å². The maximum Gasteiger partial charge on any atom is 0.270 e. The van der Waals surface area contributed by atoms with Gasteiger partial charge in [-0.15, -0.1) is 0 Å². The Morgan fingerprint density at radius 3 is 2.75 bits per heavy atom. The first-order valence-electron chi connectivity index (χ1n) is 6.14. The standard InChI is InChI=1S/C14H15N3O3/c1-20-8-7-15-14(19)12-11(16-9-17-12)13(18)10-5-3-2-4-6-10/h2-6,9H,7-8H2,1H3,(H,15,19)(H,16,17). The van der Waals surface area contributed by atoms with E-state index in [4.69, 9.17) is 4.74 Å². The van der Waals surface area contributed by atoms with Gasteiger partial charge in [0, 0.05) is 19.2 Å². The summed E-state index contributed by atoms with van der Waals surface area (Å²) >= 11 is 0. The maximum atomic E-state index is 12.3. The van der Waals surface area contributed by atoms with Gasteiger partial charge in [-0.3, -0.25) is 9.59 Å². The van der Waals surface area contributed by atoms with E-state index in [9.17, 15) is 9.59 Å². The number of nitrogens with one attached hydrogen (secondary N) is 2. The Morgan fingerprint density at radius 2 is 2.05 bits per heavy atom. The molecule has 1 heterocycles. The predicted molar refractivity (Wildman–Crippen MR) is 72.7 cm³/mol. The van der Waals surface area contributed by atoms with Crippen LogP contribution in [0.4, 0.5) is 0 Å². The van der Waals surface area contributed by atoms with Crippen LogP contribution in [-0.4, -0.2) is 41.9 Å². The van der Waals surface area contributed by atoms with Crippen molar-refractivity contribution in [1.29, 1.82) is 0 Å². The number of carbonyl (C=O) groups is 2. The van der Waals surface area contributed by atoms with Crippen LogP contribution in [0.3, 0.4) is 0 Å². The maximum absolute atomic E-state index is 12.3. The van der Waals surface area contributed by atoms with Crippen molar-refractivity contribution in [1.82, 2.24) is 15.3 Å². The summed E-state index contributed by atoms with van der Waals surface area (Å²) in [6, 6.07) is 8.71. The Balaban J connectivity index is 2.16. The summed E-state index contributed by atoms with van der Waals surface area (Å²) in [6.07, 6.45) is 1.33. The Kier molecular flexibility index (Phi) is 4.62. The van der Waals surface area contributed by atoms with Crippen molar-refractivity contribution < 1.29 is 14.3 Å². The van der Waals surface area contributed by atoms with Crippen LogP contribution in [0, 0.1) is 0 Å². The minimum atomic E-state index is -0.376. The molecule has 6 nitrogen and oxygen atoms in total. The zero-order valence-electron chi connectivity index (χ0n) is 11.1. The molecule has 0 aliphatic rings. The number of amides is 1. The second-order valence-electron chi connectivity index (χ2n) is 4.07. The van der Waals surface area contributed by atoms with Crippen molar-refractivity contribution in [2.45, 2.75) is 0 Å². The average Bonchev–Trinajstić information content (AvgIpc) is 2.97. The zero-order valence-corrected chi connectivity index (χ0v) is 11.1. The third-order valence-electron chi connectivity index (χ3n) is 2.71. The molecule has 0 spiro atoms. The lowest BCUT2D eigenvalue weighted by molar-refractivity contribution is 0.0922. The van der Waals surface area contributed by atoms with Crippen LogP contribution >= 0.6 is 0 Å². The molecule has 1 aromatic heterocycles. The van der Waals surface area contributed by atoms with E-state index in [1.807, 2.05) is 6.07 Å². The van der Waals surface area contributed by atoms with E-state index >= 15 is 0 Å². The lowest BCUT2D eigenvalue weighted by Gasteiger charge is -2.04. The van der Waals surface area contributed by atoms with Crippen molar-refractivity contribution in [3.8, 4) is 0 Å². The number of ketones is 1. The third-order valence-corrected chi connectivity index (χ3v) is 2.71. The Bertz CT molecular complexity index is 593. The first-order valence-corrected chi connectivity index (χ1v) is 6.14. The lowest BCUT2D eigenvalue weighted by atomic mass is 10.1. The number of rotatable bonds is 6. The molecule has 20 heavy (non-hydrogen) atoms. The molecule has 0 radical (unpaired) electrons. The van der Waals surface area contributed by atoms with Gasteiger partial charge in [0.25, 0.3) is 5.91 Å². The molecule has 104 valence electrons. The van der Waals surface area contributed by atoms with Crippen molar-refractivity contribution in [2.24, 2.45) is 0 Å². The summed E-state index contributed by atoms with van der Waals surface area (Å²) in [5.74, 6) is -0.664. The van der Waals surface area contributed by atoms with Gasteiger partial charge < -0.3 is 15.0 Å². The quantitative estimate of drug-likeness (QED) is 0.608. The van der Waals surface area contributed by atoms with Crippen molar-refractivity contribution in [3.63, 3.8) is 0 Å². The second kappa shape index (κ2) is 6.63. The Labute approximate surface area is 116 Å². The van der Waals surface area contributed by atoms with E-state index in [0.29, 0.717) is 18.7 Å². The van der Waals surface area contributed by atoms with Gasteiger partial charge in [0.1, 0.15) is 11.4 Å². The fourth-order valence-corrected chi connectivity index (χ4v) is 1.72. The molecule has 2 N–H and O–H groups in total. The summed E-state index contributed by atoms with van der Waals surface area (Å²) in [5, 5.41) is 2.65. The Morgan fingerprint density at radius 1 is 1.30 bits per heavy atom. The number of aromatic nitrogens is 2. The lowest BCUT2D eigenvalue weighted by Crippen LogP contribution is -2.28. The van der Waals surface area contributed by atoms with Crippen LogP contribution < -0.4 is 5.32 Å². The fourth-order valence-electron chi connectivity index (χ4n) is 1.72. The first kappa shape index (κ1) is 14.0. The number of carbonyl (C=O) groups excluding carboxylic acids is 2. The molecule has 2 aromatic rings. The van der Waals surface area contributed by atoms with Gasteiger partial charge >= 0.3 is 0 Å². The van der Waals surface area contributed by atoms with E-state index in [-0.39, 0.29) is 23.1 Å². The van der Waals surface area contributed by atoms with Crippen molar-refractivity contribution in [2.75, 3.05) is 20.3 Å². The molecule has 0 saturated heterocycles.